The van der Waals surface area contributed by atoms with Gasteiger partial charge in [0.2, 0.25) is 21.9 Å². The van der Waals surface area contributed by atoms with Crippen LogP contribution in [0, 0.1) is 0 Å². The van der Waals surface area contributed by atoms with E-state index in [1.54, 1.807) is 24.3 Å². The van der Waals surface area contributed by atoms with Gasteiger partial charge in [-0.15, -0.1) is 9.98 Å². The number of carbonyl (C=O) groups excluding carboxylic acids is 2. The number of methoxy groups -OCH3 is 1. The van der Waals surface area contributed by atoms with Crippen LogP contribution in [0.5, 0.6) is 5.75 Å². The molecule has 0 bridgehead atoms. The zero-order chi connectivity index (χ0) is 17.8. The highest BCUT2D eigenvalue weighted by atomic mass is 35.6. The van der Waals surface area contributed by atoms with Crippen molar-refractivity contribution in [2.75, 3.05) is 7.11 Å². The molecular weight excluding hydrogens is 381 g/mol. The molecule has 1 heterocycles. The number of halogens is 3. The molecule has 24 heavy (non-hydrogen) atoms. The number of nitrogens with zero attached hydrogens (tertiary/aromatic N) is 4. The summed E-state index contributed by atoms with van der Waals surface area (Å²) in [7, 11) is 1.49. The second-order valence-corrected chi connectivity index (χ2v) is 6.57. The van der Waals surface area contributed by atoms with E-state index in [2.05, 4.69) is 25.3 Å². The summed E-state index contributed by atoms with van der Waals surface area (Å²) in [5, 5.41) is 2.46. The number of amidine groups is 1. The molecule has 1 unspecified atom stereocenters. The Balaban J connectivity index is 2.70. The molecule has 124 valence electrons. The molecule has 1 aromatic carbocycles. The first-order valence-electron chi connectivity index (χ1n) is 6.20. The first kappa shape index (κ1) is 18.1. The number of guanidine groups is 1. The quantitative estimate of drug-likeness (QED) is 0.487. The van der Waals surface area contributed by atoms with Gasteiger partial charge >= 0.3 is 0 Å². The average molecular weight is 389 g/mol. The molecule has 1 aliphatic rings. The minimum Gasteiger partial charge on any atom is -0.497 e. The lowest BCUT2D eigenvalue weighted by molar-refractivity contribution is 0.413. The Kier molecular flexibility index (Phi) is 5.39. The Morgan fingerprint density at radius 1 is 1.17 bits per heavy atom. The van der Waals surface area contributed by atoms with Crippen LogP contribution in [0.3, 0.4) is 0 Å². The molecule has 1 aromatic rings. The summed E-state index contributed by atoms with van der Waals surface area (Å²) in [5.74, 6) is -1.81. The molecule has 0 spiro atoms. The number of alkyl halides is 3. The molecule has 1 aliphatic heterocycles. The third kappa shape index (κ3) is 3.82. The minimum atomic E-state index is -2.00. The van der Waals surface area contributed by atoms with Crippen LogP contribution in [0.2, 0.25) is 0 Å². The van der Waals surface area contributed by atoms with Crippen molar-refractivity contribution in [3.63, 3.8) is 0 Å². The van der Waals surface area contributed by atoms with Crippen LogP contribution in [0.25, 0.3) is 0 Å². The van der Waals surface area contributed by atoms with E-state index in [4.69, 9.17) is 39.5 Å². The monoisotopic (exact) mass is 387 g/mol. The summed E-state index contributed by atoms with van der Waals surface area (Å²) in [6, 6.07) is 6.30. The zero-order valence-electron chi connectivity index (χ0n) is 12.0. The van der Waals surface area contributed by atoms with Crippen LogP contribution in [0.1, 0.15) is 5.56 Å². The smallest absolute Gasteiger partial charge is 0.287 e. The predicted molar refractivity (Wildman–Crippen MR) is 89.2 cm³/mol. The lowest BCUT2D eigenvalue weighted by atomic mass is 10.1. The summed E-state index contributed by atoms with van der Waals surface area (Å²) < 4.78 is 3.06. The maximum Gasteiger partial charge on any atom is 0.287 e. The fourth-order valence-electron chi connectivity index (χ4n) is 1.84. The molecule has 1 N–H and O–H groups in total. The third-order valence-corrected chi connectivity index (χ3v) is 3.40. The van der Waals surface area contributed by atoms with Gasteiger partial charge in [0.05, 0.1) is 7.11 Å². The summed E-state index contributed by atoms with van der Waals surface area (Å²) >= 11 is 17.5. The van der Waals surface area contributed by atoms with Gasteiger partial charge in [0.15, 0.2) is 5.84 Å². The van der Waals surface area contributed by atoms with Crippen molar-refractivity contribution in [2.24, 2.45) is 20.0 Å². The van der Waals surface area contributed by atoms with Crippen molar-refractivity contribution in [3.8, 4) is 5.75 Å². The van der Waals surface area contributed by atoms with E-state index in [9.17, 15) is 9.59 Å². The molecule has 0 amide bonds. The van der Waals surface area contributed by atoms with Crippen molar-refractivity contribution in [1.29, 1.82) is 0 Å². The maximum atomic E-state index is 10.9. The van der Waals surface area contributed by atoms with Gasteiger partial charge in [-0.2, -0.15) is 4.99 Å². The number of hydrogen-bond donors (Lipinski definition) is 1. The molecule has 2 rings (SSSR count). The van der Waals surface area contributed by atoms with Crippen molar-refractivity contribution in [2.45, 2.75) is 9.58 Å². The summed E-state index contributed by atoms with van der Waals surface area (Å²) in [6.07, 6.45) is 2.67. The van der Waals surface area contributed by atoms with E-state index in [0.29, 0.717) is 11.3 Å². The second kappa shape index (κ2) is 7.13. The maximum absolute atomic E-state index is 10.9. The average Bonchev–Trinajstić information content (AvgIpc) is 2.54. The van der Waals surface area contributed by atoms with Crippen LogP contribution < -0.4 is 10.1 Å². The summed E-state index contributed by atoms with van der Waals surface area (Å²) in [4.78, 5) is 36.5. The van der Waals surface area contributed by atoms with Gasteiger partial charge in [0, 0.05) is 5.56 Å². The second-order valence-electron chi connectivity index (χ2n) is 4.29. The standard InChI is InChI=1S/C13H8Cl3N5O3/c1-24-9-4-2-8(3-5-9)13(18-7-23)20-10(12(14,15)16)19-11(21-13)17-6-22/h2-5H,1H3,(H,19,20,21). The Labute approximate surface area is 150 Å². The van der Waals surface area contributed by atoms with E-state index in [0.717, 1.165) is 0 Å². The van der Waals surface area contributed by atoms with Crippen LogP contribution in [0.15, 0.2) is 44.2 Å². The highest BCUT2D eigenvalue weighted by molar-refractivity contribution is 6.77. The van der Waals surface area contributed by atoms with Crippen molar-refractivity contribution < 1.29 is 14.3 Å². The Morgan fingerprint density at radius 3 is 2.33 bits per heavy atom. The number of nitrogens with one attached hydrogen (secondary N) is 1. The molecule has 0 radical (unpaired) electrons. The van der Waals surface area contributed by atoms with E-state index in [-0.39, 0.29) is 11.8 Å². The molecular formula is C13H8Cl3N5O3. The number of hydrogen-bond acceptors (Lipinski definition) is 8. The van der Waals surface area contributed by atoms with Crippen molar-refractivity contribution >= 4 is 58.8 Å². The largest absolute Gasteiger partial charge is 0.497 e. The lowest BCUT2D eigenvalue weighted by Gasteiger charge is -2.28. The molecule has 8 nitrogen and oxygen atoms in total. The molecule has 0 saturated heterocycles. The van der Waals surface area contributed by atoms with Crippen LogP contribution in [-0.2, 0) is 15.4 Å². The fourth-order valence-corrected chi connectivity index (χ4v) is 2.11. The topological polar surface area (TPSA) is 105 Å². The number of ether oxygens (including phenoxy) is 1. The number of benzene rings is 1. The zero-order valence-corrected chi connectivity index (χ0v) is 14.2. The highest BCUT2D eigenvalue weighted by Gasteiger charge is 2.41. The predicted octanol–water partition coefficient (Wildman–Crippen LogP) is 2.21. The molecule has 0 aliphatic carbocycles. The number of rotatable bonds is 3. The summed E-state index contributed by atoms with van der Waals surface area (Å²) in [5.41, 5.74) is 0.332. The third-order valence-electron chi connectivity index (χ3n) is 2.86. The first-order chi connectivity index (χ1) is 11.3. The van der Waals surface area contributed by atoms with E-state index in [1.165, 1.54) is 19.3 Å². The molecule has 0 aromatic heterocycles. The molecule has 1 atom stereocenters. The first-order valence-corrected chi connectivity index (χ1v) is 7.33. The molecule has 0 fully saturated rings. The normalized spacial score (nSPS) is 19.8. The van der Waals surface area contributed by atoms with Gasteiger partial charge in [-0.1, -0.05) is 34.8 Å². The van der Waals surface area contributed by atoms with Crippen LogP contribution in [-0.4, -0.2) is 34.9 Å². The van der Waals surface area contributed by atoms with Gasteiger partial charge in [0.25, 0.3) is 5.79 Å². The Bertz CT molecular complexity index is 790. The van der Waals surface area contributed by atoms with Gasteiger partial charge in [-0.3, -0.25) is 0 Å². The number of aliphatic imine (C=N–C) groups is 4. The molecule has 0 saturated carbocycles. The van der Waals surface area contributed by atoms with Crippen LogP contribution >= 0.6 is 34.8 Å². The Hall–Kier alpha value is -2.21. The fraction of sp³-hybridized carbons (Fsp3) is 0.231. The van der Waals surface area contributed by atoms with Crippen molar-refractivity contribution in [3.05, 3.63) is 29.8 Å². The Morgan fingerprint density at radius 2 is 1.83 bits per heavy atom. The van der Waals surface area contributed by atoms with E-state index >= 15 is 0 Å². The number of isocyanates is 2. The van der Waals surface area contributed by atoms with Crippen molar-refractivity contribution in [1.82, 2.24) is 5.32 Å². The summed E-state index contributed by atoms with van der Waals surface area (Å²) in [6.45, 7) is 0. The molecule has 11 heteroatoms. The van der Waals surface area contributed by atoms with E-state index < -0.39 is 9.58 Å². The van der Waals surface area contributed by atoms with Gasteiger partial charge in [0.1, 0.15) is 5.75 Å². The van der Waals surface area contributed by atoms with Gasteiger partial charge in [-0.25, -0.2) is 14.6 Å². The van der Waals surface area contributed by atoms with Gasteiger partial charge in [-0.05, 0) is 24.3 Å². The SMILES string of the molecule is COc1ccc(C2(N=C=O)N=C(N=C=O)NC(C(Cl)(Cl)Cl)=N2)cc1. The lowest BCUT2D eigenvalue weighted by Crippen LogP contribution is -2.45. The minimum absolute atomic E-state index is 0.230. The van der Waals surface area contributed by atoms with E-state index in [1.807, 2.05) is 0 Å². The van der Waals surface area contributed by atoms with Crippen LogP contribution in [0.4, 0.5) is 0 Å². The van der Waals surface area contributed by atoms with Gasteiger partial charge < -0.3 is 10.1 Å². The highest BCUT2D eigenvalue weighted by Crippen LogP contribution is 2.36.